The van der Waals surface area contributed by atoms with Crippen molar-refractivity contribution in [2.24, 2.45) is 11.8 Å². The molecule has 1 amide bonds. The summed E-state index contributed by atoms with van der Waals surface area (Å²) in [6.45, 7) is 1.31. The Kier molecular flexibility index (Phi) is 3.14. The summed E-state index contributed by atoms with van der Waals surface area (Å²) in [6.07, 6.45) is 2.01. The third-order valence-electron chi connectivity index (χ3n) is 3.62. The zero-order valence-corrected chi connectivity index (χ0v) is 9.39. The molecule has 0 aromatic heterocycles. The molecule has 0 aromatic carbocycles. The molecule has 16 heavy (non-hydrogen) atoms. The molecule has 2 fully saturated rings. The summed E-state index contributed by atoms with van der Waals surface area (Å²) in [5, 5.41) is 8.86. The number of hydrogen-bond acceptors (Lipinski definition) is 3. The zero-order chi connectivity index (χ0) is 11.7. The molecule has 1 saturated heterocycles. The van der Waals surface area contributed by atoms with E-state index >= 15 is 0 Å². The first kappa shape index (κ1) is 11.4. The molecule has 1 aliphatic heterocycles. The van der Waals surface area contributed by atoms with Crippen LogP contribution in [0.15, 0.2) is 0 Å². The molecule has 0 bridgehead atoms. The third-order valence-corrected chi connectivity index (χ3v) is 3.62. The maximum absolute atomic E-state index is 11.9. The monoisotopic (exact) mass is 227 g/mol. The van der Waals surface area contributed by atoms with E-state index in [9.17, 15) is 9.59 Å². The molecule has 2 atom stereocenters. The molecular weight excluding hydrogens is 210 g/mol. The topological polar surface area (TPSA) is 66.8 Å². The van der Waals surface area contributed by atoms with Gasteiger partial charge in [0.05, 0.1) is 12.0 Å². The summed E-state index contributed by atoms with van der Waals surface area (Å²) in [6, 6.07) is 0. The Morgan fingerprint density at radius 3 is 2.38 bits per heavy atom. The summed E-state index contributed by atoms with van der Waals surface area (Å²) in [5.74, 6) is -1.07. The van der Waals surface area contributed by atoms with Crippen LogP contribution in [-0.4, -0.2) is 48.2 Å². The minimum atomic E-state index is -0.770. The molecule has 5 nitrogen and oxygen atoms in total. The van der Waals surface area contributed by atoms with E-state index in [4.69, 9.17) is 9.84 Å². The van der Waals surface area contributed by atoms with Gasteiger partial charge >= 0.3 is 5.97 Å². The van der Waals surface area contributed by atoms with E-state index in [2.05, 4.69) is 0 Å². The number of aliphatic carboxylic acids is 1. The molecule has 90 valence electrons. The first-order valence-corrected chi connectivity index (χ1v) is 5.66. The van der Waals surface area contributed by atoms with Crippen LogP contribution in [0.25, 0.3) is 0 Å². The quantitative estimate of drug-likeness (QED) is 0.755. The minimum absolute atomic E-state index is 0.0843. The highest BCUT2D eigenvalue weighted by atomic mass is 16.5. The van der Waals surface area contributed by atoms with E-state index in [1.165, 1.54) is 0 Å². The van der Waals surface area contributed by atoms with Crippen molar-refractivity contribution in [3.05, 3.63) is 0 Å². The van der Waals surface area contributed by atoms with Crippen LogP contribution in [0.4, 0.5) is 0 Å². The van der Waals surface area contributed by atoms with Crippen LogP contribution >= 0.6 is 0 Å². The molecule has 1 heterocycles. The summed E-state index contributed by atoms with van der Waals surface area (Å²) in [7, 11) is 1.64. The van der Waals surface area contributed by atoms with Crippen LogP contribution in [-0.2, 0) is 14.3 Å². The highest BCUT2D eigenvalue weighted by Gasteiger charge is 2.39. The fourth-order valence-electron chi connectivity index (χ4n) is 2.46. The Balaban J connectivity index is 1.81. The number of hydrogen-bond donors (Lipinski definition) is 1. The number of carbonyl (C=O) groups is 2. The van der Waals surface area contributed by atoms with Gasteiger partial charge in [-0.2, -0.15) is 0 Å². The van der Waals surface area contributed by atoms with Gasteiger partial charge in [-0.05, 0) is 19.3 Å². The number of ether oxygens (including phenoxy) is 1. The number of carbonyl (C=O) groups excluding carboxylic acids is 1. The molecule has 0 radical (unpaired) electrons. The summed E-state index contributed by atoms with van der Waals surface area (Å²) in [4.78, 5) is 24.5. The first-order chi connectivity index (χ1) is 7.61. The van der Waals surface area contributed by atoms with Gasteiger partial charge in [-0.1, -0.05) is 0 Å². The second-order valence-corrected chi connectivity index (χ2v) is 4.65. The number of carboxylic acids is 1. The molecule has 0 unspecified atom stereocenters. The van der Waals surface area contributed by atoms with E-state index in [-0.39, 0.29) is 23.8 Å². The van der Waals surface area contributed by atoms with Gasteiger partial charge in [-0.15, -0.1) is 0 Å². The number of likely N-dealkylation sites (tertiary alicyclic amines) is 1. The molecule has 2 rings (SSSR count). The van der Waals surface area contributed by atoms with Crippen LogP contribution in [0.2, 0.25) is 0 Å². The van der Waals surface area contributed by atoms with Gasteiger partial charge < -0.3 is 14.7 Å². The Hall–Kier alpha value is -1.10. The number of nitrogens with zero attached hydrogens (tertiary/aromatic N) is 1. The second kappa shape index (κ2) is 4.41. The average Bonchev–Trinajstić information content (AvgIpc) is 2.64. The molecule has 0 aromatic rings. The lowest BCUT2D eigenvalue weighted by Crippen LogP contribution is -2.55. The molecular formula is C11H17NO4. The van der Waals surface area contributed by atoms with E-state index in [1.54, 1.807) is 12.0 Å². The summed E-state index contributed by atoms with van der Waals surface area (Å²) < 4.78 is 5.10. The van der Waals surface area contributed by atoms with Crippen molar-refractivity contribution < 1.29 is 19.4 Å². The van der Waals surface area contributed by atoms with E-state index < -0.39 is 5.97 Å². The maximum atomic E-state index is 11.9. The normalized spacial score (nSPS) is 30.2. The van der Waals surface area contributed by atoms with E-state index in [0.29, 0.717) is 32.4 Å². The van der Waals surface area contributed by atoms with E-state index in [0.717, 1.165) is 0 Å². The van der Waals surface area contributed by atoms with Gasteiger partial charge in [0.2, 0.25) is 5.91 Å². The van der Waals surface area contributed by atoms with Crippen LogP contribution in [0, 0.1) is 11.8 Å². The van der Waals surface area contributed by atoms with Crippen LogP contribution < -0.4 is 0 Å². The lowest BCUT2D eigenvalue weighted by atomic mass is 10.0. The summed E-state index contributed by atoms with van der Waals surface area (Å²) in [5.41, 5.74) is 0. The van der Waals surface area contributed by atoms with Gasteiger partial charge in [0.1, 0.15) is 0 Å². The Morgan fingerprint density at radius 2 is 1.88 bits per heavy atom. The highest BCUT2D eigenvalue weighted by Crippen LogP contribution is 2.33. The largest absolute Gasteiger partial charge is 0.481 e. The van der Waals surface area contributed by atoms with Crippen molar-refractivity contribution in [1.29, 1.82) is 0 Å². The molecule has 1 aliphatic carbocycles. The van der Waals surface area contributed by atoms with Gasteiger partial charge in [0.15, 0.2) is 0 Å². The minimum Gasteiger partial charge on any atom is -0.481 e. The van der Waals surface area contributed by atoms with Crippen LogP contribution in [0.3, 0.4) is 0 Å². The fraction of sp³-hybridized carbons (Fsp3) is 0.818. The maximum Gasteiger partial charge on any atom is 0.306 e. The SMILES string of the molecule is COC1CN(C(=O)[C@@H]2CC[C@H](C(=O)O)C2)C1. The average molecular weight is 227 g/mol. The van der Waals surface area contributed by atoms with Crippen LogP contribution in [0.5, 0.6) is 0 Å². The predicted octanol–water partition coefficient (Wildman–Crippen LogP) is 0.344. The number of carboxylic acid groups (broad SMARTS) is 1. The number of rotatable bonds is 3. The Labute approximate surface area is 94.4 Å². The van der Waals surface area contributed by atoms with Crippen LogP contribution in [0.1, 0.15) is 19.3 Å². The zero-order valence-electron chi connectivity index (χ0n) is 9.39. The van der Waals surface area contributed by atoms with Gasteiger partial charge in [0.25, 0.3) is 0 Å². The van der Waals surface area contributed by atoms with Gasteiger partial charge in [0, 0.05) is 26.1 Å². The van der Waals surface area contributed by atoms with Crippen molar-refractivity contribution >= 4 is 11.9 Å². The fourth-order valence-corrected chi connectivity index (χ4v) is 2.46. The van der Waals surface area contributed by atoms with E-state index in [1.807, 2.05) is 0 Å². The molecule has 1 N–H and O–H groups in total. The number of methoxy groups -OCH3 is 1. The highest BCUT2D eigenvalue weighted by molar-refractivity contribution is 5.81. The van der Waals surface area contributed by atoms with Gasteiger partial charge in [-0.25, -0.2) is 0 Å². The molecule has 5 heteroatoms. The lowest BCUT2D eigenvalue weighted by molar-refractivity contribution is -0.147. The van der Waals surface area contributed by atoms with Gasteiger partial charge in [-0.3, -0.25) is 9.59 Å². The third kappa shape index (κ3) is 2.04. The van der Waals surface area contributed by atoms with Crippen molar-refractivity contribution in [2.75, 3.05) is 20.2 Å². The van der Waals surface area contributed by atoms with Crippen molar-refractivity contribution in [2.45, 2.75) is 25.4 Å². The van der Waals surface area contributed by atoms with Crippen molar-refractivity contribution in [3.63, 3.8) is 0 Å². The second-order valence-electron chi connectivity index (χ2n) is 4.65. The van der Waals surface area contributed by atoms with Crippen molar-refractivity contribution in [1.82, 2.24) is 4.90 Å². The lowest BCUT2D eigenvalue weighted by Gasteiger charge is -2.39. The molecule has 1 saturated carbocycles. The molecule has 2 aliphatic rings. The number of amides is 1. The Morgan fingerprint density at radius 1 is 1.25 bits per heavy atom. The van der Waals surface area contributed by atoms with Crippen molar-refractivity contribution in [3.8, 4) is 0 Å². The first-order valence-electron chi connectivity index (χ1n) is 5.66. The standard InChI is InChI=1S/C11H17NO4/c1-16-9-5-12(6-9)10(13)7-2-3-8(4-7)11(14)15/h7-9H,2-6H2,1H3,(H,14,15)/t7-,8+/m1/s1. The Bertz CT molecular complexity index is 298. The predicted molar refractivity (Wildman–Crippen MR) is 55.8 cm³/mol. The smallest absolute Gasteiger partial charge is 0.306 e. The molecule has 0 spiro atoms. The summed E-state index contributed by atoms with van der Waals surface area (Å²) >= 11 is 0.